The molecule has 0 saturated carbocycles. The molecule has 1 aromatic carbocycles. The molecule has 1 aromatic rings. The maximum absolute atomic E-state index is 13.2. The van der Waals surface area contributed by atoms with E-state index in [1.807, 2.05) is 6.92 Å². The molecule has 0 spiro atoms. The van der Waals surface area contributed by atoms with E-state index in [0.29, 0.717) is 37.7 Å². The summed E-state index contributed by atoms with van der Waals surface area (Å²) in [5.41, 5.74) is 0.247. The number of aliphatic carboxylic acids is 1. The smallest absolute Gasteiger partial charge is 0.303 e. The Bertz CT molecular complexity index is 730. The molecule has 0 bridgehead atoms. The van der Waals surface area contributed by atoms with Gasteiger partial charge in [0.25, 0.3) is 5.91 Å². The first kappa shape index (κ1) is 27.2. The number of benzene rings is 1. The zero-order valence-electron chi connectivity index (χ0n) is 18.2. The molecule has 9 heteroatoms. The highest BCUT2D eigenvalue weighted by atomic mass is 35.5. The Morgan fingerprint density at radius 2 is 1.81 bits per heavy atom. The third-order valence-corrected chi connectivity index (χ3v) is 5.44. The fourth-order valence-electron chi connectivity index (χ4n) is 3.01. The van der Waals surface area contributed by atoms with Crippen molar-refractivity contribution >= 4 is 41.0 Å². The molecular formula is C22H32Cl2N2O5. The monoisotopic (exact) mass is 474 g/mol. The second-order valence-electron chi connectivity index (χ2n) is 7.17. The molecule has 1 unspecified atom stereocenters. The van der Waals surface area contributed by atoms with Crippen molar-refractivity contribution in [3.05, 3.63) is 33.8 Å². The lowest BCUT2D eigenvalue weighted by atomic mass is 10.1. The van der Waals surface area contributed by atoms with Crippen molar-refractivity contribution in [2.24, 2.45) is 0 Å². The number of carbonyl (C=O) groups excluding carboxylic acids is 2. The van der Waals surface area contributed by atoms with Crippen LogP contribution in [0.3, 0.4) is 0 Å². The van der Waals surface area contributed by atoms with Crippen molar-refractivity contribution < 1.29 is 24.2 Å². The first-order valence-corrected chi connectivity index (χ1v) is 11.4. The van der Waals surface area contributed by atoms with Gasteiger partial charge in [0.1, 0.15) is 6.04 Å². The fourth-order valence-corrected chi connectivity index (χ4v) is 3.31. The summed E-state index contributed by atoms with van der Waals surface area (Å²) in [6.07, 6.45) is 3.25. The summed E-state index contributed by atoms with van der Waals surface area (Å²) in [6.45, 7) is 6.15. The third-order valence-electron chi connectivity index (χ3n) is 4.70. The lowest BCUT2D eigenvalue weighted by Gasteiger charge is -2.28. The van der Waals surface area contributed by atoms with Crippen LogP contribution in [0.1, 0.15) is 62.7 Å². The van der Waals surface area contributed by atoms with Gasteiger partial charge in [0.15, 0.2) is 0 Å². The minimum atomic E-state index is -1.03. The van der Waals surface area contributed by atoms with Crippen LogP contribution in [0.4, 0.5) is 0 Å². The van der Waals surface area contributed by atoms with Crippen molar-refractivity contribution in [3.8, 4) is 0 Å². The number of carboxylic acid groups (broad SMARTS) is 1. The summed E-state index contributed by atoms with van der Waals surface area (Å²) >= 11 is 11.9. The summed E-state index contributed by atoms with van der Waals surface area (Å²) in [4.78, 5) is 38.7. The topological polar surface area (TPSA) is 95.9 Å². The van der Waals surface area contributed by atoms with E-state index >= 15 is 0 Å². The van der Waals surface area contributed by atoms with Gasteiger partial charge in [0, 0.05) is 38.3 Å². The second kappa shape index (κ2) is 15.1. The molecule has 174 valence electrons. The van der Waals surface area contributed by atoms with Crippen LogP contribution < -0.4 is 5.32 Å². The van der Waals surface area contributed by atoms with Crippen molar-refractivity contribution in [1.29, 1.82) is 0 Å². The van der Waals surface area contributed by atoms with Crippen LogP contribution in [0.25, 0.3) is 0 Å². The average molecular weight is 475 g/mol. The van der Waals surface area contributed by atoms with Crippen molar-refractivity contribution in [1.82, 2.24) is 10.2 Å². The Morgan fingerprint density at radius 3 is 2.42 bits per heavy atom. The normalized spacial score (nSPS) is 11.7. The first-order valence-electron chi connectivity index (χ1n) is 10.6. The van der Waals surface area contributed by atoms with E-state index < -0.39 is 17.9 Å². The third kappa shape index (κ3) is 10.4. The maximum Gasteiger partial charge on any atom is 0.303 e. The molecule has 2 amide bonds. The van der Waals surface area contributed by atoms with Crippen LogP contribution in [-0.4, -0.2) is 60.1 Å². The van der Waals surface area contributed by atoms with Crippen molar-refractivity contribution in [2.75, 3.05) is 26.3 Å². The second-order valence-corrected chi connectivity index (χ2v) is 7.98. The molecule has 0 heterocycles. The quantitative estimate of drug-likeness (QED) is 0.367. The molecule has 0 radical (unpaired) electrons. The van der Waals surface area contributed by atoms with E-state index in [1.165, 1.54) is 18.2 Å². The molecule has 2 N–H and O–H groups in total. The van der Waals surface area contributed by atoms with Gasteiger partial charge in [-0.05, 0) is 44.4 Å². The number of nitrogens with one attached hydrogen (secondary N) is 1. The average Bonchev–Trinajstić information content (AvgIpc) is 2.74. The molecule has 31 heavy (non-hydrogen) atoms. The highest BCUT2D eigenvalue weighted by molar-refractivity contribution is 6.42. The van der Waals surface area contributed by atoms with Crippen LogP contribution in [0.2, 0.25) is 10.0 Å². The summed E-state index contributed by atoms with van der Waals surface area (Å²) in [7, 11) is 0. The molecule has 0 fully saturated rings. The molecule has 1 atom stereocenters. The number of carbonyl (C=O) groups is 3. The van der Waals surface area contributed by atoms with Gasteiger partial charge in [-0.3, -0.25) is 14.4 Å². The van der Waals surface area contributed by atoms with E-state index in [-0.39, 0.29) is 29.3 Å². The highest BCUT2D eigenvalue weighted by Crippen LogP contribution is 2.22. The van der Waals surface area contributed by atoms with Crippen LogP contribution >= 0.6 is 23.2 Å². The summed E-state index contributed by atoms with van der Waals surface area (Å²) < 4.78 is 5.36. The van der Waals surface area contributed by atoms with Gasteiger partial charge < -0.3 is 20.1 Å². The number of halogens is 2. The summed E-state index contributed by atoms with van der Waals surface area (Å²) in [6, 6.07) is 3.46. The van der Waals surface area contributed by atoms with Crippen molar-refractivity contribution in [3.63, 3.8) is 0 Å². The SMILES string of the molecule is CCCCCN(CCCOCC)C(=O)C(CCC(=O)O)NC(=O)c1ccc(Cl)c(Cl)c1. The Hall–Kier alpha value is -1.83. The van der Waals surface area contributed by atoms with Crippen LogP contribution in [0.5, 0.6) is 0 Å². The lowest BCUT2D eigenvalue weighted by molar-refractivity contribution is -0.138. The van der Waals surface area contributed by atoms with Gasteiger partial charge in [0.2, 0.25) is 5.91 Å². The Kier molecular flexibility index (Phi) is 13.2. The van der Waals surface area contributed by atoms with E-state index in [2.05, 4.69) is 12.2 Å². The Morgan fingerprint density at radius 1 is 1.10 bits per heavy atom. The van der Waals surface area contributed by atoms with E-state index in [9.17, 15) is 14.4 Å². The highest BCUT2D eigenvalue weighted by Gasteiger charge is 2.27. The van der Waals surface area contributed by atoms with Gasteiger partial charge in [-0.1, -0.05) is 43.0 Å². The molecular weight excluding hydrogens is 443 g/mol. The predicted molar refractivity (Wildman–Crippen MR) is 122 cm³/mol. The fraction of sp³-hybridized carbons (Fsp3) is 0.591. The van der Waals surface area contributed by atoms with Crippen LogP contribution in [0, 0.1) is 0 Å². The van der Waals surface area contributed by atoms with Gasteiger partial charge in [-0.15, -0.1) is 0 Å². The van der Waals surface area contributed by atoms with Crippen molar-refractivity contribution in [2.45, 2.75) is 58.4 Å². The minimum absolute atomic E-state index is 0.00301. The van der Waals surface area contributed by atoms with Crippen LogP contribution in [0.15, 0.2) is 18.2 Å². The maximum atomic E-state index is 13.2. The van der Waals surface area contributed by atoms with Gasteiger partial charge >= 0.3 is 5.97 Å². The van der Waals surface area contributed by atoms with Gasteiger partial charge in [-0.2, -0.15) is 0 Å². The summed E-state index contributed by atoms with van der Waals surface area (Å²) in [5, 5.41) is 12.3. The van der Waals surface area contributed by atoms with Gasteiger partial charge in [0.05, 0.1) is 10.0 Å². The number of unbranched alkanes of at least 4 members (excludes halogenated alkanes) is 2. The summed E-state index contributed by atoms with van der Waals surface area (Å²) in [5.74, 6) is -1.83. The van der Waals surface area contributed by atoms with E-state index in [0.717, 1.165) is 19.3 Å². The van der Waals surface area contributed by atoms with Gasteiger partial charge in [-0.25, -0.2) is 0 Å². The lowest BCUT2D eigenvalue weighted by Crippen LogP contribution is -2.49. The zero-order chi connectivity index (χ0) is 23.2. The molecule has 0 aliphatic carbocycles. The number of carboxylic acids is 1. The Labute approximate surface area is 194 Å². The number of hydrogen-bond acceptors (Lipinski definition) is 4. The van der Waals surface area contributed by atoms with E-state index in [4.69, 9.17) is 33.0 Å². The van der Waals surface area contributed by atoms with Crippen LogP contribution in [-0.2, 0) is 14.3 Å². The molecule has 1 rings (SSSR count). The first-order chi connectivity index (χ1) is 14.8. The number of hydrogen-bond donors (Lipinski definition) is 2. The molecule has 0 aliphatic rings. The minimum Gasteiger partial charge on any atom is -0.481 e. The number of rotatable bonds is 15. The molecule has 7 nitrogen and oxygen atoms in total. The molecule has 0 saturated heterocycles. The number of amides is 2. The number of ether oxygens (including phenoxy) is 1. The Balaban J connectivity index is 2.95. The van der Waals surface area contributed by atoms with E-state index in [1.54, 1.807) is 4.90 Å². The largest absolute Gasteiger partial charge is 0.481 e. The molecule has 0 aromatic heterocycles. The standard InChI is InChI=1S/C22H32Cl2N2O5/c1-3-5-6-12-26(13-7-14-31-4-2)22(30)19(10-11-20(27)28)25-21(29)16-8-9-17(23)18(24)15-16/h8-9,15,19H,3-7,10-14H2,1-2H3,(H,25,29)(H,27,28). The zero-order valence-corrected chi connectivity index (χ0v) is 19.7. The molecule has 0 aliphatic heterocycles. The predicted octanol–water partition coefficient (Wildman–Crippen LogP) is 4.40. The number of nitrogens with zero attached hydrogens (tertiary/aromatic N) is 1.